The molecule has 0 aliphatic carbocycles. The summed E-state index contributed by atoms with van der Waals surface area (Å²) in [6.45, 7) is 9.82. The van der Waals surface area contributed by atoms with E-state index in [0.717, 1.165) is 63.8 Å². The third-order valence-corrected chi connectivity index (χ3v) is 12.9. The maximum Gasteiger partial charge on any atom is 0.258 e. The third kappa shape index (κ3) is 9.19. The van der Waals surface area contributed by atoms with Crippen molar-refractivity contribution < 1.29 is 49.2 Å². The summed E-state index contributed by atoms with van der Waals surface area (Å²) in [4.78, 5) is 80.9. The van der Waals surface area contributed by atoms with Crippen LogP contribution < -0.4 is 19.6 Å². The molecule has 364 valence electrons. The maximum atomic E-state index is 13.5. The zero-order valence-corrected chi connectivity index (χ0v) is 40.3. The number of hydrogen-bond acceptors (Lipinski definition) is 10. The van der Waals surface area contributed by atoms with Gasteiger partial charge in [0.2, 0.25) is 35.3 Å². The second-order valence-corrected chi connectivity index (χ2v) is 17.4. The number of carbonyl (C=O) groups is 6. The molecule has 2 aliphatic heterocycles. The van der Waals surface area contributed by atoms with Crippen LogP contribution in [0.5, 0.6) is 23.5 Å². The quantitative estimate of drug-likeness (QED) is 0.0548. The van der Waals surface area contributed by atoms with Gasteiger partial charge in [-0.25, -0.2) is 18.9 Å². The second kappa shape index (κ2) is 19.7. The smallest absolute Gasteiger partial charge is 0.258 e. The lowest BCUT2D eigenvalue weighted by molar-refractivity contribution is -0.121. The van der Waals surface area contributed by atoms with Gasteiger partial charge < -0.3 is 20.4 Å². The van der Waals surface area contributed by atoms with Crippen LogP contribution in [0.2, 0.25) is 0 Å². The fourth-order valence-corrected chi connectivity index (χ4v) is 9.45. The van der Waals surface area contributed by atoms with Crippen molar-refractivity contribution in [2.24, 2.45) is 0 Å². The highest BCUT2D eigenvalue weighted by molar-refractivity contribution is 6.29. The highest BCUT2D eigenvalue weighted by atomic mass is 16.3. The normalized spacial score (nSPS) is 13.3. The molecule has 4 N–H and O–H groups in total. The van der Waals surface area contributed by atoms with E-state index >= 15 is 0 Å². The largest absolute Gasteiger partial charge is 0.494 e. The lowest BCUT2D eigenvalue weighted by Crippen LogP contribution is -2.43. The van der Waals surface area contributed by atoms with E-state index in [0.29, 0.717) is 61.3 Å². The number of amides is 6. The number of nitrogens with zero attached hydrogens (tertiary/aromatic N) is 6. The summed E-state index contributed by atoms with van der Waals surface area (Å²) < 4.78 is 2.41. The number of carbonyl (C=O) groups excluding carboxylic acids is 6. The molecule has 0 atom stereocenters. The van der Waals surface area contributed by atoms with Gasteiger partial charge in [-0.05, 0) is 107 Å². The Morgan fingerprint density at radius 1 is 0.451 bits per heavy atom. The molecule has 71 heavy (non-hydrogen) atoms. The second-order valence-electron chi connectivity index (χ2n) is 17.4. The van der Waals surface area contributed by atoms with Crippen LogP contribution in [0, 0.1) is 0 Å². The molecule has 6 aromatic rings. The molecule has 0 spiro atoms. The zero-order valence-electron chi connectivity index (χ0n) is 40.3. The number of aromatic hydroxyl groups is 4. The summed E-state index contributed by atoms with van der Waals surface area (Å²) in [5.74, 6) is -4.50. The Morgan fingerprint density at radius 2 is 0.803 bits per heavy atom. The van der Waals surface area contributed by atoms with Crippen molar-refractivity contribution in [3.8, 4) is 34.9 Å². The molecule has 6 amide bonds. The van der Waals surface area contributed by atoms with Crippen LogP contribution in [-0.4, -0.2) is 71.7 Å². The standard InChI is InChI=1S/C55H54N6O10/c1-7-38-25-36(26-39(8-2)52(38)60-48(66)21-22-49(60)67)24-37-27-40(9-3)53(41(10-4)28-37)61-51(69)30-45(55(61)71)57(33(6)63)31-56(32(5)62)44-29-50(68)59(54(44)70)43-17-13-35(14-18-43)23-34-11-15-42(16-12-34)58-46(64)19-20-47(58)65/h11-22,25-30,68-71H,7-10,23-24,31H2,1-6H3. The molecule has 0 saturated carbocycles. The van der Waals surface area contributed by atoms with E-state index in [1.54, 1.807) is 36.4 Å². The van der Waals surface area contributed by atoms with Gasteiger partial charge in [-0.3, -0.25) is 38.6 Å². The van der Waals surface area contributed by atoms with Gasteiger partial charge in [0.1, 0.15) is 18.0 Å². The molecule has 8 rings (SSSR count). The average molecular weight is 959 g/mol. The average Bonchev–Trinajstić information content (AvgIpc) is 4.05. The third-order valence-electron chi connectivity index (χ3n) is 12.9. The molecule has 16 heteroatoms. The number of aromatic nitrogens is 2. The van der Waals surface area contributed by atoms with Crippen LogP contribution in [0.3, 0.4) is 0 Å². The predicted octanol–water partition coefficient (Wildman–Crippen LogP) is 7.74. The first-order chi connectivity index (χ1) is 34.0. The molecule has 0 unspecified atom stereocenters. The monoisotopic (exact) mass is 958 g/mol. The number of aryl methyl sites for hydroxylation is 4. The first kappa shape index (κ1) is 48.8. The minimum Gasteiger partial charge on any atom is -0.494 e. The van der Waals surface area contributed by atoms with E-state index in [9.17, 15) is 49.2 Å². The van der Waals surface area contributed by atoms with Crippen LogP contribution in [0.25, 0.3) is 11.4 Å². The maximum absolute atomic E-state index is 13.5. The fraction of sp³-hybridized carbons (Fsp3) is 0.236. The topological polar surface area (TPSA) is 206 Å². The first-order valence-corrected chi connectivity index (χ1v) is 23.4. The number of benzene rings is 4. The van der Waals surface area contributed by atoms with Gasteiger partial charge in [-0.2, -0.15) is 0 Å². The lowest BCUT2D eigenvalue weighted by atomic mass is 9.92. The highest BCUT2D eigenvalue weighted by Crippen LogP contribution is 2.43. The Bertz CT molecular complexity index is 3130. The highest BCUT2D eigenvalue weighted by Gasteiger charge is 2.32. The summed E-state index contributed by atoms with van der Waals surface area (Å²) in [5, 5.41) is 46.3. The summed E-state index contributed by atoms with van der Waals surface area (Å²) in [6.07, 6.45) is 8.24. The Morgan fingerprint density at radius 3 is 1.21 bits per heavy atom. The Labute approximate surface area is 410 Å². The lowest BCUT2D eigenvalue weighted by Gasteiger charge is -2.28. The summed E-state index contributed by atoms with van der Waals surface area (Å²) in [6, 6.07) is 24.5. The van der Waals surface area contributed by atoms with Gasteiger partial charge >= 0.3 is 0 Å². The molecule has 0 fully saturated rings. The molecule has 0 radical (unpaired) electrons. The van der Waals surface area contributed by atoms with Gasteiger partial charge in [0.25, 0.3) is 23.6 Å². The summed E-state index contributed by atoms with van der Waals surface area (Å²) >= 11 is 0. The van der Waals surface area contributed by atoms with Crippen LogP contribution in [0.1, 0.15) is 86.1 Å². The van der Waals surface area contributed by atoms with Crippen LogP contribution >= 0.6 is 0 Å². The molecule has 4 heterocycles. The Balaban J connectivity index is 1.05. The zero-order chi connectivity index (χ0) is 51.0. The van der Waals surface area contributed by atoms with E-state index in [4.69, 9.17) is 0 Å². The first-order valence-electron chi connectivity index (χ1n) is 23.4. The van der Waals surface area contributed by atoms with E-state index in [2.05, 4.69) is 0 Å². The minimum absolute atomic E-state index is 0.109. The van der Waals surface area contributed by atoms with Crippen LogP contribution in [0.15, 0.2) is 109 Å². The number of imide groups is 2. The molecular weight excluding hydrogens is 905 g/mol. The van der Waals surface area contributed by atoms with Crippen molar-refractivity contribution in [1.29, 1.82) is 0 Å². The van der Waals surface area contributed by atoms with E-state index in [-0.39, 0.29) is 29.1 Å². The van der Waals surface area contributed by atoms with Crippen LogP contribution in [0.4, 0.5) is 22.7 Å². The molecule has 4 aromatic carbocycles. The summed E-state index contributed by atoms with van der Waals surface area (Å²) in [5.41, 5.74) is 8.83. The van der Waals surface area contributed by atoms with Gasteiger partial charge in [-0.1, -0.05) is 76.2 Å². The SMILES string of the molecule is CCc1cc(Cc2cc(CC)c(-n3c(O)cc(N(CN(C(C)=O)c4cc(O)n(-c5ccc(Cc6ccc(N7C(=O)C=CC7=O)cc6)cc5)c4O)C(C)=O)c3O)c(CC)c2)cc(CC)c1N1C(=O)C=CC1=O. The predicted molar refractivity (Wildman–Crippen MR) is 269 cm³/mol. The van der Waals surface area contributed by atoms with E-state index in [1.807, 2.05) is 64.1 Å². The number of anilines is 4. The van der Waals surface area contributed by atoms with Gasteiger partial charge in [0.15, 0.2) is 0 Å². The Kier molecular flexibility index (Phi) is 13.6. The van der Waals surface area contributed by atoms with Crippen molar-refractivity contribution in [2.45, 2.75) is 80.1 Å². The molecule has 0 bridgehead atoms. The number of hydrogen-bond donors (Lipinski definition) is 4. The molecule has 2 aliphatic rings. The molecule has 16 nitrogen and oxygen atoms in total. The summed E-state index contributed by atoms with van der Waals surface area (Å²) in [7, 11) is 0. The van der Waals surface area contributed by atoms with Gasteiger partial charge in [-0.15, -0.1) is 0 Å². The van der Waals surface area contributed by atoms with Gasteiger partial charge in [0.05, 0.1) is 22.7 Å². The van der Waals surface area contributed by atoms with Crippen molar-refractivity contribution in [3.05, 3.63) is 154 Å². The van der Waals surface area contributed by atoms with Crippen LogP contribution in [-0.2, 0) is 67.3 Å². The van der Waals surface area contributed by atoms with E-state index in [1.165, 1.54) is 59.8 Å². The van der Waals surface area contributed by atoms with Crippen molar-refractivity contribution in [2.75, 3.05) is 26.3 Å². The molecular formula is C55H54N6O10. The van der Waals surface area contributed by atoms with Crippen molar-refractivity contribution in [1.82, 2.24) is 9.13 Å². The molecule has 2 aromatic heterocycles. The fourth-order valence-electron chi connectivity index (χ4n) is 9.45. The van der Waals surface area contributed by atoms with Crippen molar-refractivity contribution in [3.63, 3.8) is 0 Å². The van der Waals surface area contributed by atoms with E-state index < -0.39 is 47.9 Å². The Hall–Kier alpha value is -8.66. The number of rotatable bonds is 16. The minimum atomic E-state index is -0.609. The molecule has 0 saturated heterocycles. The van der Waals surface area contributed by atoms with Crippen molar-refractivity contribution >= 4 is 58.2 Å². The van der Waals surface area contributed by atoms with Gasteiger partial charge in [0, 0.05) is 50.3 Å².